The fourth-order valence-corrected chi connectivity index (χ4v) is 4.26. The van der Waals surface area contributed by atoms with Gasteiger partial charge in [-0.25, -0.2) is 0 Å². The standard InChI is InChI=1S/C24H32Br2Cl2O9/c1-2-3-10-32-12-15-36-22(30)20(28)24(26,19(25)21(29)35-14-13-33-11-9-27)23(31)37-17-16-34-18-7-5-4-6-8-18/h4-8,19-20H,2-3,9-17H2,1H3. The van der Waals surface area contributed by atoms with Crippen molar-refractivity contribution >= 4 is 73.0 Å². The second kappa shape index (κ2) is 19.9. The molecule has 1 rings (SSSR count). The number of unbranched alkanes of at least 4 members (excludes halogenated alkanes) is 1. The van der Waals surface area contributed by atoms with E-state index in [9.17, 15) is 14.4 Å². The molecule has 0 heterocycles. The molecule has 0 saturated carbocycles. The maximum Gasteiger partial charge on any atom is 0.326 e. The SMILES string of the molecule is CCCCOCCOC(=O)C(Cl)C(Br)(C(=O)OCCOc1ccccc1)C(Br)C(=O)OCCOCCCl. The molecule has 210 valence electrons. The maximum atomic E-state index is 13.1. The van der Waals surface area contributed by atoms with Crippen molar-refractivity contribution in [2.24, 2.45) is 0 Å². The Bertz CT molecular complexity index is 804. The highest BCUT2D eigenvalue weighted by molar-refractivity contribution is 9.13. The second-order valence-electron chi connectivity index (χ2n) is 7.39. The first-order valence-electron chi connectivity index (χ1n) is 11.7. The Labute approximate surface area is 244 Å². The summed E-state index contributed by atoms with van der Waals surface area (Å²) in [6.07, 6.45) is 1.84. The van der Waals surface area contributed by atoms with E-state index >= 15 is 0 Å². The summed E-state index contributed by atoms with van der Waals surface area (Å²) < 4.78 is 29.6. The van der Waals surface area contributed by atoms with Gasteiger partial charge in [-0.1, -0.05) is 63.4 Å². The number of hydrogen-bond donors (Lipinski definition) is 0. The number of halogens is 4. The number of benzene rings is 1. The van der Waals surface area contributed by atoms with E-state index in [-0.39, 0.29) is 46.2 Å². The van der Waals surface area contributed by atoms with Gasteiger partial charge in [0.15, 0.2) is 9.70 Å². The molecule has 37 heavy (non-hydrogen) atoms. The van der Waals surface area contributed by atoms with E-state index in [0.717, 1.165) is 12.8 Å². The monoisotopic (exact) mass is 692 g/mol. The van der Waals surface area contributed by atoms with Gasteiger partial charge in [0, 0.05) is 12.5 Å². The van der Waals surface area contributed by atoms with Crippen molar-refractivity contribution in [1.82, 2.24) is 0 Å². The van der Waals surface area contributed by atoms with Gasteiger partial charge in [0.05, 0.1) is 19.8 Å². The minimum absolute atomic E-state index is 0.0284. The van der Waals surface area contributed by atoms with Crippen LogP contribution >= 0.6 is 55.1 Å². The summed E-state index contributed by atoms with van der Waals surface area (Å²) in [5.41, 5.74) is 0. The molecule has 0 aliphatic rings. The van der Waals surface area contributed by atoms with Gasteiger partial charge in [0.2, 0.25) is 0 Å². The van der Waals surface area contributed by atoms with E-state index in [4.69, 9.17) is 51.6 Å². The lowest BCUT2D eigenvalue weighted by atomic mass is 10.0. The Morgan fingerprint density at radius 2 is 1.46 bits per heavy atom. The Morgan fingerprint density at radius 3 is 2.08 bits per heavy atom. The van der Waals surface area contributed by atoms with E-state index < -0.39 is 32.4 Å². The fraction of sp³-hybridized carbons (Fsp3) is 0.625. The summed E-state index contributed by atoms with van der Waals surface area (Å²) in [5.74, 6) is -1.93. The molecule has 0 bridgehead atoms. The first kappa shape index (κ1) is 33.9. The molecule has 0 N–H and O–H groups in total. The zero-order chi connectivity index (χ0) is 27.5. The average molecular weight is 695 g/mol. The molecule has 0 aromatic heterocycles. The van der Waals surface area contributed by atoms with Crippen LogP contribution in [0.5, 0.6) is 5.75 Å². The van der Waals surface area contributed by atoms with Crippen LogP contribution in [-0.2, 0) is 38.1 Å². The maximum absolute atomic E-state index is 13.1. The number of ether oxygens (including phenoxy) is 6. The van der Waals surface area contributed by atoms with Crippen LogP contribution in [0.1, 0.15) is 19.8 Å². The summed E-state index contributed by atoms with van der Waals surface area (Å²) >= 11 is 18.2. The van der Waals surface area contributed by atoms with Crippen molar-refractivity contribution in [2.45, 2.75) is 34.3 Å². The molecule has 0 fully saturated rings. The summed E-state index contributed by atoms with van der Waals surface area (Å²) in [5, 5.41) is -1.66. The van der Waals surface area contributed by atoms with Crippen molar-refractivity contribution < 1.29 is 42.8 Å². The third kappa shape index (κ3) is 12.5. The lowest BCUT2D eigenvalue weighted by Crippen LogP contribution is -2.56. The number of rotatable bonds is 20. The van der Waals surface area contributed by atoms with E-state index in [0.29, 0.717) is 18.2 Å². The van der Waals surface area contributed by atoms with Crippen molar-refractivity contribution in [2.75, 3.05) is 58.7 Å². The van der Waals surface area contributed by atoms with E-state index in [1.807, 2.05) is 13.0 Å². The van der Waals surface area contributed by atoms with Gasteiger partial charge in [-0.05, 0) is 18.6 Å². The van der Waals surface area contributed by atoms with Gasteiger partial charge < -0.3 is 28.4 Å². The number of para-hydroxylation sites is 1. The van der Waals surface area contributed by atoms with Crippen LogP contribution in [0.15, 0.2) is 30.3 Å². The van der Waals surface area contributed by atoms with Crippen LogP contribution in [0.2, 0.25) is 0 Å². The molecule has 3 unspecified atom stereocenters. The minimum atomic E-state index is -2.06. The number of carbonyl (C=O) groups excluding carboxylic acids is 3. The van der Waals surface area contributed by atoms with E-state index in [1.54, 1.807) is 24.3 Å². The van der Waals surface area contributed by atoms with Gasteiger partial charge >= 0.3 is 17.9 Å². The smallest absolute Gasteiger partial charge is 0.326 e. The predicted molar refractivity (Wildman–Crippen MR) is 146 cm³/mol. The molecule has 0 saturated heterocycles. The normalized spacial score (nSPS) is 14.2. The van der Waals surface area contributed by atoms with Crippen LogP contribution in [0.4, 0.5) is 0 Å². The number of alkyl halides is 4. The molecule has 0 aliphatic carbocycles. The molecule has 0 amide bonds. The molecule has 0 aliphatic heterocycles. The van der Waals surface area contributed by atoms with Crippen molar-refractivity contribution in [1.29, 1.82) is 0 Å². The van der Waals surface area contributed by atoms with Crippen LogP contribution in [0.3, 0.4) is 0 Å². The minimum Gasteiger partial charge on any atom is -0.490 e. The van der Waals surface area contributed by atoms with Gasteiger partial charge in [0.1, 0.15) is 37.0 Å². The third-order valence-corrected chi connectivity index (χ3v) is 8.49. The van der Waals surface area contributed by atoms with Crippen molar-refractivity contribution in [3.05, 3.63) is 30.3 Å². The van der Waals surface area contributed by atoms with Crippen LogP contribution in [0, 0.1) is 0 Å². The van der Waals surface area contributed by atoms with Crippen LogP contribution < -0.4 is 4.74 Å². The highest BCUT2D eigenvalue weighted by Crippen LogP contribution is 2.38. The summed E-state index contributed by atoms with van der Waals surface area (Å²) in [4.78, 5) is 37.1. The zero-order valence-corrected chi connectivity index (χ0v) is 25.2. The quantitative estimate of drug-likeness (QED) is 0.0857. The molecule has 9 nitrogen and oxygen atoms in total. The Kier molecular flexibility index (Phi) is 18.2. The van der Waals surface area contributed by atoms with Gasteiger partial charge in [0.25, 0.3) is 0 Å². The number of carbonyl (C=O) groups is 3. The molecule has 0 radical (unpaired) electrons. The largest absolute Gasteiger partial charge is 0.490 e. The van der Waals surface area contributed by atoms with Gasteiger partial charge in [-0.15, -0.1) is 23.2 Å². The Balaban J connectivity index is 2.80. The summed E-state index contributed by atoms with van der Waals surface area (Å²) in [7, 11) is 0. The first-order valence-corrected chi connectivity index (χ1v) is 14.3. The number of hydrogen-bond acceptors (Lipinski definition) is 9. The van der Waals surface area contributed by atoms with E-state index in [1.165, 1.54) is 0 Å². The van der Waals surface area contributed by atoms with Crippen LogP contribution in [0.25, 0.3) is 0 Å². The molecule has 0 spiro atoms. The molecule has 3 atom stereocenters. The van der Waals surface area contributed by atoms with Crippen LogP contribution in [-0.4, -0.2) is 91.2 Å². The Hall–Kier alpha value is -1.11. The summed E-state index contributed by atoms with van der Waals surface area (Å²) in [6, 6.07) is 8.92. The van der Waals surface area contributed by atoms with Gasteiger partial charge in [-0.3, -0.25) is 14.4 Å². The summed E-state index contributed by atoms with van der Waals surface area (Å²) in [6.45, 7) is 2.77. The van der Waals surface area contributed by atoms with Gasteiger partial charge in [-0.2, -0.15) is 0 Å². The molecule has 13 heteroatoms. The van der Waals surface area contributed by atoms with E-state index in [2.05, 4.69) is 31.9 Å². The molecule has 1 aromatic rings. The number of esters is 3. The lowest BCUT2D eigenvalue weighted by Gasteiger charge is -2.31. The highest BCUT2D eigenvalue weighted by Gasteiger charge is 2.57. The predicted octanol–water partition coefficient (Wildman–Crippen LogP) is 4.27. The first-order chi connectivity index (χ1) is 17.8. The van der Waals surface area contributed by atoms with Crippen molar-refractivity contribution in [3.8, 4) is 5.75 Å². The lowest BCUT2D eigenvalue weighted by molar-refractivity contribution is -0.157. The molecular weight excluding hydrogens is 663 g/mol. The second-order valence-corrected chi connectivity index (χ2v) is 10.4. The highest BCUT2D eigenvalue weighted by atomic mass is 79.9. The van der Waals surface area contributed by atoms with Crippen molar-refractivity contribution in [3.63, 3.8) is 0 Å². The molecule has 1 aromatic carbocycles. The fourth-order valence-electron chi connectivity index (χ4n) is 2.65. The average Bonchev–Trinajstić information content (AvgIpc) is 2.91. The molecular formula is C24H32Br2Cl2O9. The topological polar surface area (TPSA) is 107 Å². The third-order valence-electron chi connectivity index (χ3n) is 4.60. The zero-order valence-electron chi connectivity index (χ0n) is 20.5. The Morgan fingerprint density at radius 1 is 0.865 bits per heavy atom.